The Morgan fingerprint density at radius 2 is 1.85 bits per heavy atom. The Balaban J connectivity index is 1.56. The molecular weight excluding hydrogens is 404 g/mol. The maximum atomic E-state index is 5.30. The first-order chi connectivity index (χ1) is 13.1. The van der Waals surface area contributed by atoms with Crippen LogP contribution in [0.5, 0.6) is 5.75 Å². The van der Waals surface area contributed by atoms with Crippen molar-refractivity contribution in [3.63, 3.8) is 0 Å². The number of methoxy groups -OCH3 is 1. The molecule has 136 valence electrons. The molecule has 0 fully saturated rings. The Morgan fingerprint density at radius 1 is 1.04 bits per heavy atom. The highest BCUT2D eigenvalue weighted by atomic mass is 79.9. The Hall–Kier alpha value is -2.86. The van der Waals surface area contributed by atoms with Crippen LogP contribution in [-0.4, -0.2) is 22.3 Å². The summed E-state index contributed by atoms with van der Waals surface area (Å²) in [6.45, 7) is 2.12. The van der Waals surface area contributed by atoms with Crippen LogP contribution in [-0.2, 0) is 0 Å². The molecule has 0 saturated heterocycles. The van der Waals surface area contributed by atoms with Crippen LogP contribution in [0.15, 0.2) is 65.1 Å². The van der Waals surface area contributed by atoms with Crippen molar-refractivity contribution >= 4 is 38.3 Å². The zero-order chi connectivity index (χ0) is 18.8. The number of benzene rings is 3. The zero-order valence-electron chi connectivity index (χ0n) is 15.0. The molecule has 0 spiro atoms. The fourth-order valence-corrected chi connectivity index (χ4v) is 3.41. The largest absolute Gasteiger partial charge is 0.497 e. The topological polar surface area (TPSA) is 62.8 Å². The molecule has 0 aliphatic carbocycles. The third-order valence-corrected chi connectivity index (χ3v) is 5.06. The molecule has 1 aromatic heterocycles. The number of hydrogen-bond donors (Lipinski definition) is 2. The van der Waals surface area contributed by atoms with E-state index in [4.69, 9.17) is 4.74 Å². The van der Waals surface area contributed by atoms with Gasteiger partial charge in [-0.2, -0.15) is 4.98 Å². The quantitative estimate of drug-likeness (QED) is 0.437. The van der Waals surface area contributed by atoms with Crippen molar-refractivity contribution in [3.05, 3.63) is 76.5 Å². The van der Waals surface area contributed by atoms with E-state index in [9.17, 15) is 0 Å². The van der Waals surface area contributed by atoms with Gasteiger partial charge < -0.3 is 10.1 Å². The highest BCUT2D eigenvalue weighted by Gasteiger charge is 2.14. The summed E-state index contributed by atoms with van der Waals surface area (Å²) in [5.41, 5.74) is 2.11. The molecule has 1 unspecified atom stereocenters. The molecule has 0 bridgehead atoms. The fraction of sp³-hybridized carbons (Fsp3) is 0.143. The number of nitrogens with zero attached hydrogens (tertiary/aromatic N) is 2. The normalized spacial score (nSPS) is 12.1. The lowest BCUT2D eigenvalue weighted by Crippen LogP contribution is -1.99. The van der Waals surface area contributed by atoms with E-state index >= 15 is 0 Å². The van der Waals surface area contributed by atoms with Gasteiger partial charge in [-0.05, 0) is 46.7 Å². The number of anilines is 2. The van der Waals surface area contributed by atoms with Crippen LogP contribution in [0.25, 0.3) is 10.8 Å². The van der Waals surface area contributed by atoms with Crippen LogP contribution in [0.2, 0.25) is 0 Å². The van der Waals surface area contributed by atoms with E-state index < -0.39 is 0 Å². The second-order valence-corrected chi connectivity index (χ2v) is 7.29. The van der Waals surface area contributed by atoms with Crippen LogP contribution in [0, 0.1) is 0 Å². The van der Waals surface area contributed by atoms with E-state index in [0.29, 0.717) is 5.95 Å². The number of fused-ring (bicyclic) bond motifs is 1. The maximum Gasteiger partial charge on any atom is 0.246 e. The lowest BCUT2D eigenvalue weighted by Gasteiger charge is -2.10. The molecule has 27 heavy (non-hydrogen) atoms. The summed E-state index contributed by atoms with van der Waals surface area (Å²) in [4.78, 5) is 4.61. The number of nitrogens with one attached hydrogen (secondary N) is 2. The lowest BCUT2D eigenvalue weighted by molar-refractivity contribution is 0.415. The predicted molar refractivity (Wildman–Crippen MR) is 112 cm³/mol. The molecule has 0 saturated carbocycles. The molecule has 0 radical (unpaired) electrons. The van der Waals surface area contributed by atoms with Crippen molar-refractivity contribution in [1.29, 1.82) is 0 Å². The van der Waals surface area contributed by atoms with Crippen molar-refractivity contribution in [3.8, 4) is 5.75 Å². The standard InChI is InChI=1S/C21H19BrN4O/c1-13(14-6-7-16-11-19(27-2)9-8-15(16)10-14)20-24-21(26-25-20)23-18-5-3-4-17(22)12-18/h3-13H,1-2H3,(H2,23,24,25,26). The minimum Gasteiger partial charge on any atom is -0.497 e. The summed E-state index contributed by atoms with van der Waals surface area (Å²) >= 11 is 3.47. The molecule has 0 aliphatic heterocycles. The minimum absolute atomic E-state index is 0.0991. The summed E-state index contributed by atoms with van der Waals surface area (Å²) in [6.07, 6.45) is 0. The zero-order valence-corrected chi connectivity index (χ0v) is 16.6. The van der Waals surface area contributed by atoms with Gasteiger partial charge in [0.15, 0.2) is 0 Å². The summed E-state index contributed by atoms with van der Waals surface area (Å²) in [5, 5.41) is 12.9. The smallest absolute Gasteiger partial charge is 0.246 e. The van der Waals surface area contributed by atoms with E-state index in [2.05, 4.69) is 67.6 Å². The van der Waals surface area contributed by atoms with E-state index in [0.717, 1.165) is 27.1 Å². The molecule has 0 aliphatic rings. The van der Waals surface area contributed by atoms with Gasteiger partial charge in [0, 0.05) is 16.1 Å². The van der Waals surface area contributed by atoms with Crippen molar-refractivity contribution in [1.82, 2.24) is 15.2 Å². The van der Waals surface area contributed by atoms with Crippen LogP contribution < -0.4 is 10.1 Å². The van der Waals surface area contributed by atoms with E-state index in [1.165, 1.54) is 10.9 Å². The van der Waals surface area contributed by atoms with E-state index in [-0.39, 0.29) is 5.92 Å². The van der Waals surface area contributed by atoms with Gasteiger partial charge in [-0.15, -0.1) is 5.10 Å². The van der Waals surface area contributed by atoms with Crippen molar-refractivity contribution < 1.29 is 4.74 Å². The molecular formula is C21H19BrN4O. The highest BCUT2D eigenvalue weighted by Crippen LogP contribution is 2.28. The average molecular weight is 423 g/mol. The second-order valence-electron chi connectivity index (χ2n) is 6.37. The second kappa shape index (κ2) is 7.40. The molecule has 4 rings (SSSR count). The first-order valence-corrected chi connectivity index (χ1v) is 9.44. The first kappa shape index (κ1) is 17.5. The van der Waals surface area contributed by atoms with Crippen molar-refractivity contribution in [2.45, 2.75) is 12.8 Å². The van der Waals surface area contributed by atoms with Gasteiger partial charge in [0.2, 0.25) is 5.95 Å². The number of hydrogen-bond acceptors (Lipinski definition) is 4. The molecule has 2 N–H and O–H groups in total. The first-order valence-electron chi connectivity index (χ1n) is 8.65. The predicted octanol–water partition coefficient (Wildman–Crippen LogP) is 5.62. The van der Waals surface area contributed by atoms with E-state index in [1.807, 2.05) is 36.4 Å². The summed E-state index contributed by atoms with van der Waals surface area (Å²) < 4.78 is 6.30. The van der Waals surface area contributed by atoms with Crippen molar-refractivity contribution in [2.24, 2.45) is 0 Å². The Morgan fingerprint density at radius 3 is 2.67 bits per heavy atom. The SMILES string of the molecule is COc1ccc2cc(C(C)c3nc(Nc4cccc(Br)c4)n[nH]3)ccc2c1. The molecule has 1 heterocycles. The van der Waals surface area contributed by atoms with Crippen LogP contribution in [0.3, 0.4) is 0 Å². The molecule has 6 heteroatoms. The number of aromatic amines is 1. The molecule has 4 aromatic rings. The van der Waals surface area contributed by atoms with Gasteiger partial charge in [0.05, 0.1) is 7.11 Å². The fourth-order valence-electron chi connectivity index (χ4n) is 3.02. The van der Waals surface area contributed by atoms with Crippen LogP contribution in [0.4, 0.5) is 11.6 Å². The van der Waals surface area contributed by atoms with Gasteiger partial charge in [0.1, 0.15) is 11.6 Å². The summed E-state index contributed by atoms with van der Waals surface area (Å²) in [6, 6.07) is 20.4. The van der Waals surface area contributed by atoms with Crippen LogP contribution >= 0.6 is 15.9 Å². The third kappa shape index (κ3) is 3.80. The summed E-state index contributed by atoms with van der Waals surface area (Å²) in [7, 11) is 1.68. The number of aromatic nitrogens is 3. The number of H-pyrrole nitrogens is 1. The molecule has 5 nitrogen and oxygen atoms in total. The summed E-state index contributed by atoms with van der Waals surface area (Å²) in [5.74, 6) is 2.34. The third-order valence-electron chi connectivity index (χ3n) is 4.57. The van der Waals surface area contributed by atoms with E-state index in [1.54, 1.807) is 7.11 Å². The Kier molecular flexibility index (Phi) is 4.81. The average Bonchev–Trinajstić information content (AvgIpc) is 3.15. The lowest BCUT2D eigenvalue weighted by atomic mass is 9.97. The number of rotatable bonds is 5. The van der Waals surface area contributed by atoms with Gasteiger partial charge in [-0.25, -0.2) is 0 Å². The highest BCUT2D eigenvalue weighted by molar-refractivity contribution is 9.10. The maximum absolute atomic E-state index is 5.30. The molecule has 0 amide bonds. The van der Waals surface area contributed by atoms with Gasteiger partial charge in [0.25, 0.3) is 0 Å². The molecule has 3 aromatic carbocycles. The molecule has 1 atom stereocenters. The van der Waals surface area contributed by atoms with Gasteiger partial charge in [-0.3, -0.25) is 5.10 Å². The monoisotopic (exact) mass is 422 g/mol. The van der Waals surface area contributed by atoms with Gasteiger partial charge >= 0.3 is 0 Å². The minimum atomic E-state index is 0.0991. The number of ether oxygens (including phenoxy) is 1. The number of halogens is 1. The Labute approximate surface area is 165 Å². The van der Waals surface area contributed by atoms with Crippen LogP contribution in [0.1, 0.15) is 24.2 Å². The van der Waals surface area contributed by atoms with Crippen molar-refractivity contribution in [2.75, 3.05) is 12.4 Å². The van der Waals surface area contributed by atoms with Gasteiger partial charge in [-0.1, -0.05) is 53.2 Å². The Bertz CT molecular complexity index is 1090.